The molecule has 3 rings (SSSR count). The van der Waals surface area contributed by atoms with Gasteiger partial charge in [-0.3, -0.25) is 4.98 Å². The van der Waals surface area contributed by atoms with Crippen LogP contribution in [0, 0.1) is 0 Å². The highest BCUT2D eigenvalue weighted by Crippen LogP contribution is 2.24. The summed E-state index contributed by atoms with van der Waals surface area (Å²) < 4.78 is 0. The van der Waals surface area contributed by atoms with Gasteiger partial charge in [0.2, 0.25) is 0 Å². The molecule has 0 aliphatic heterocycles. The number of nitrogens with one attached hydrogen (secondary N) is 1. The molecule has 3 N–H and O–H groups in total. The Balaban J connectivity index is 1.99. The molecule has 23 heavy (non-hydrogen) atoms. The van der Waals surface area contributed by atoms with Gasteiger partial charge in [-0.05, 0) is 29.7 Å². The lowest BCUT2D eigenvalue weighted by molar-refractivity contribution is 0.426. The van der Waals surface area contributed by atoms with Gasteiger partial charge in [-0.15, -0.1) is 0 Å². The Kier molecular flexibility index (Phi) is 4.27. The van der Waals surface area contributed by atoms with Crippen molar-refractivity contribution in [1.82, 2.24) is 9.97 Å². The topological polar surface area (TPSA) is 78.3 Å². The van der Waals surface area contributed by atoms with Crippen LogP contribution in [0.1, 0.15) is 25.3 Å². The molecule has 6 heteroatoms. The average Bonchev–Trinajstić information content (AvgIpc) is 2.55. The Labute approximate surface area is 135 Å². The van der Waals surface area contributed by atoms with Crippen molar-refractivity contribution in [3.05, 3.63) is 54.5 Å². The van der Waals surface area contributed by atoms with Crippen LogP contribution >= 0.6 is 0 Å². The van der Waals surface area contributed by atoms with Gasteiger partial charge in [-0.25, -0.2) is 4.98 Å². The molecule has 3 aromatic rings. The Morgan fingerprint density at radius 3 is 2.39 bits per heavy atom. The summed E-state index contributed by atoms with van der Waals surface area (Å²) in [6, 6.07) is 10.0. The van der Waals surface area contributed by atoms with Crippen LogP contribution in [-0.2, 0) is 0 Å². The summed E-state index contributed by atoms with van der Waals surface area (Å²) in [5.41, 5.74) is 2.54. The van der Waals surface area contributed by atoms with Crippen LogP contribution in [0.5, 0.6) is 0 Å². The van der Waals surface area contributed by atoms with Crippen molar-refractivity contribution in [2.24, 2.45) is 0 Å². The number of pyridine rings is 2. The van der Waals surface area contributed by atoms with Crippen molar-refractivity contribution >= 4 is 34.9 Å². The summed E-state index contributed by atoms with van der Waals surface area (Å²) in [6.07, 6.45) is 4.73. The minimum atomic E-state index is -1.58. The molecule has 0 bridgehead atoms. The molecule has 0 aliphatic carbocycles. The first-order valence-electron chi connectivity index (χ1n) is 7.52. The second kappa shape index (κ2) is 6.36. The third-order valence-electron chi connectivity index (χ3n) is 3.84. The fourth-order valence-electron chi connectivity index (χ4n) is 2.50. The average molecular weight is 307 g/mol. The fourth-order valence-corrected chi connectivity index (χ4v) is 2.50. The summed E-state index contributed by atoms with van der Waals surface area (Å²) >= 11 is 0. The highest BCUT2D eigenvalue weighted by molar-refractivity contribution is 6.62. The molecule has 1 aromatic carbocycles. The summed E-state index contributed by atoms with van der Waals surface area (Å²) in [7, 11) is -1.58. The predicted molar refractivity (Wildman–Crippen MR) is 93.2 cm³/mol. The first kappa shape index (κ1) is 15.5. The van der Waals surface area contributed by atoms with E-state index < -0.39 is 7.12 Å². The van der Waals surface area contributed by atoms with Crippen LogP contribution < -0.4 is 10.8 Å². The zero-order chi connectivity index (χ0) is 16.4. The van der Waals surface area contributed by atoms with Crippen LogP contribution in [-0.4, -0.2) is 27.1 Å². The van der Waals surface area contributed by atoms with Crippen LogP contribution in [0.25, 0.3) is 10.8 Å². The summed E-state index contributed by atoms with van der Waals surface area (Å²) in [4.78, 5) is 8.38. The van der Waals surface area contributed by atoms with E-state index in [1.165, 1.54) is 11.8 Å². The highest BCUT2D eigenvalue weighted by atomic mass is 16.4. The monoisotopic (exact) mass is 307 g/mol. The van der Waals surface area contributed by atoms with Gasteiger partial charge >= 0.3 is 7.12 Å². The number of benzene rings is 1. The largest absolute Gasteiger partial charge is 0.490 e. The number of aromatic nitrogens is 2. The normalized spacial score (nSPS) is 11.0. The van der Waals surface area contributed by atoms with E-state index in [2.05, 4.69) is 41.3 Å². The predicted octanol–water partition coefficient (Wildman–Crippen LogP) is 2.18. The SMILES string of the molecule is CC(C)c1ccc(Nc2ncc(B(O)O)c3cnccc23)cc1. The molecular formula is C17H18BN3O2. The third-order valence-corrected chi connectivity index (χ3v) is 3.84. The minimum absolute atomic E-state index is 0.341. The zero-order valence-corrected chi connectivity index (χ0v) is 13.1. The first-order valence-corrected chi connectivity index (χ1v) is 7.52. The second-order valence-corrected chi connectivity index (χ2v) is 5.76. The maximum absolute atomic E-state index is 9.45. The summed E-state index contributed by atoms with van der Waals surface area (Å²) in [5, 5.41) is 23.6. The standard InChI is InChI=1S/C17H18BN3O2/c1-11(2)12-3-5-13(6-4-12)21-17-14-7-8-19-9-15(14)16(10-20-17)18(22)23/h3-11,22-23H,1-2H3,(H,20,21). The molecule has 0 spiro atoms. The Hall–Kier alpha value is -2.44. The number of hydrogen-bond donors (Lipinski definition) is 3. The molecule has 5 nitrogen and oxygen atoms in total. The third kappa shape index (κ3) is 3.18. The van der Waals surface area contributed by atoms with Gasteiger partial charge in [0.15, 0.2) is 0 Å². The van der Waals surface area contributed by atoms with Gasteiger partial charge in [-0.2, -0.15) is 0 Å². The molecule has 0 unspecified atom stereocenters. The van der Waals surface area contributed by atoms with E-state index >= 15 is 0 Å². The molecule has 0 radical (unpaired) electrons. The molecule has 0 aliphatic rings. The number of rotatable bonds is 4. The minimum Gasteiger partial charge on any atom is -0.423 e. The Morgan fingerprint density at radius 1 is 1.00 bits per heavy atom. The molecule has 116 valence electrons. The smallest absolute Gasteiger partial charge is 0.423 e. The molecule has 0 fully saturated rings. The number of hydrogen-bond acceptors (Lipinski definition) is 5. The lowest BCUT2D eigenvalue weighted by Gasteiger charge is -2.12. The van der Waals surface area contributed by atoms with E-state index in [1.54, 1.807) is 18.5 Å². The van der Waals surface area contributed by atoms with Gasteiger partial charge in [0.25, 0.3) is 0 Å². The van der Waals surface area contributed by atoms with Gasteiger partial charge in [0, 0.05) is 40.5 Å². The molecule has 0 amide bonds. The van der Waals surface area contributed by atoms with E-state index in [4.69, 9.17) is 0 Å². The Bertz CT molecular complexity index is 820. The molecule has 0 saturated heterocycles. The van der Waals surface area contributed by atoms with Crippen molar-refractivity contribution in [3.63, 3.8) is 0 Å². The van der Waals surface area contributed by atoms with Crippen molar-refractivity contribution in [2.75, 3.05) is 5.32 Å². The van der Waals surface area contributed by atoms with E-state index in [-0.39, 0.29) is 0 Å². The number of nitrogens with zero attached hydrogens (tertiary/aromatic N) is 2. The lowest BCUT2D eigenvalue weighted by atomic mass is 9.79. The summed E-state index contributed by atoms with van der Waals surface area (Å²) in [6.45, 7) is 4.31. The van der Waals surface area contributed by atoms with Crippen molar-refractivity contribution in [3.8, 4) is 0 Å². The van der Waals surface area contributed by atoms with Gasteiger partial charge in [0.1, 0.15) is 5.82 Å². The van der Waals surface area contributed by atoms with E-state index in [1.807, 2.05) is 12.1 Å². The van der Waals surface area contributed by atoms with Gasteiger partial charge in [0.05, 0.1) is 0 Å². The van der Waals surface area contributed by atoms with Gasteiger partial charge in [-0.1, -0.05) is 26.0 Å². The molecule has 2 heterocycles. The quantitative estimate of drug-likeness (QED) is 0.644. The summed E-state index contributed by atoms with van der Waals surface area (Å²) in [5.74, 6) is 1.14. The Morgan fingerprint density at radius 2 is 1.74 bits per heavy atom. The van der Waals surface area contributed by atoms with E-state index in [0.29, 0.717) is 22.6 Å². The van der Waals surface area contributed by atoms with Crippen molar-refractivity contribution in [2.45, 2.75) is 19.8 Å². The fraction of sp³-hybridized carbons (Fsp3) is 0.176. The molecular weight excluding hydrogens is 289 g/mol. The second-order valence-electron chi connectivity index (χ2n) is 5.76. The number of fused-ring (bicyclic) bond motifs is 1. The highest BCUT2D eigenvalue weighted by Gasteiger charge is 2.17. The van der Waals surface area contributed by atoms with Crippen LogP contribution in [0.15, 0.2) is 48.9 Å². The first-order chi connectivity index (χ1) is 11.1. The molecule has 2 aromatic heterocycles. The maximum Gasteiger partial charge on any atom is 0.490 e. The van der Waals surface area contributed by atoms with E-state index in [9.17, 15) is 10.0 Å². The lowest BCUT2D eigenvalue weighted by Crippen LogP contribution is -2.31. The molecule has 0 atom stereocenters. The van der Waals surface area contributed by atoms with Crippen molar-refractivity contribution in [1.29, 1.82) is 0 Å². The van der Waals surface area contributed by atoms with E-state index in [0.717, 1.165) is 11.1 Å². The van der Waals surface area contributed by atoms with Gasteiger partial charge < -0.3 is 15.4 Å². The van der Waals surface area contributed by atoms with Crippen LogP contribution in [0.2, 0.25) is 0 Å². The van der Waals surface area contributed by atoms with Crippen LogP contribution in [0.3, 0.4) is 0 Å². The zero-order valence-electron chi connectivity index (χ0n) is 13.1. The van der Waals surface area contributed by atoms with Crippen LogP contribution in [0.4, 0.5) is 11.5 Å². The van der Waals surface area contributed by atoms with Crippen molar-refractivity contribution < 1.29 is 10.0 Å². The molecule has 0 saturated carbocycles. The maximum atomic E-state index is 9.45. The number of anilines is 2.